The molecule has 16 heteroatoms. The summed E-state index contributed by atoms with van der Waals surface area (Å²) in [6.45, 7) is -0.815. The molecule has 4 rings (SSSR count). The Hall–Kier alpha value is -3.44. The van der Waals surface area contributed by atoms with E-state index >= 15 is 0 Å². The maximum Gasteiger partial charge on any atom is 0.404 e. The molecule has 2 heterocycles. The maximum absolute atomic E-state index is 13.3. The van der Waals surface area contributed by atoms with Crippen LogP contribution in [0, 0.1) is 0 Å². The van der Waals surface area contributed by atoms with Crippen molar-refractivity contribution in [3.63, 3.8) is 0 Å². The van der Waals surface area contributed by atoms with E-state index in [-0.39, 0.29) is 23.3 Å². The van der Waals surface area contributed by atoms with Crippen LogP contribution in [-0.4, -0.2) is 55.5 Å². The topological polar surface area (TPSA) is 207 Å². The molecule has 1 amide bonds. The number of hydrogen-bond donors (Lipinski definition) is 4. The number of hydrogen-bond acceptors (Lipinski definition) is 10. The van der Waals surface area contributed by atoms with Gasteiger partial charge in [0.25, 0.3) is 10.2 Å². The fourth-order valence-electron chi connectivity index (χ4n) is 3.30. The van der Waals surface area contributed by atoms with E-state index in [2.05, 4.69) is 15.2 Å². The molecule has 13 nitrogen and oxygen atoms in total. The molecule has 0 spiro atoms. The van der Waals surface area contributed by atoms with Crippen molar-refractivity contribution in [3.05, 3.63) is 65.3 Å². The van der Waals surface area contributed by atoms with E-state index in [1.54, 1.807) is 6.07 Å². The highest BCUT2D eigenvalue weighted by atomic mass is 32.2. The summed E-state index contributed by atoms with van der Waals surface area (Å²) in [7, 11) is -8.15. The summed E-state index contributed by atoms with van der Waals surface area (Å²) < 4.78 is 57.0. The van der Waals surface area contributed by atoms with Crippen LogP contribution >= 0.6 is 11.3 Å². The first-order valence-electron chi connectivity index (χ1n) is 10.3. The summed E-state index contributed by atoms with van der Waals surface area (Å²) in [4.78, 5) is 15.3. The number of rotatable bonds is 10. The summed E-state index contributed by atoms with van der Waals surface area (Å²) in [6.07, 6.45) is -1.37. The Morgan fingerprint density at radius 1 is 1.08 bits per heavy atom. The van der Waals surface area contributed by atoms with Gasteiger partial charge >= 0.3 is 6.09 Å². The first-order valence-corrected chi connectivity index (χ1v) is 14.3. The van der Waals surface area contributed by atoms with Crippen molar-refractivity contribution >= 4 is 47.7 Å². The number of aromatic nitrogens is 3. The fraction of sp³-hybridized carbons (Fsp3) is 0.200. The maximum atomic E-state index is 13.3. The van der Waals surface area contributed by atoms with Gasteiger partial charge in [0, 0.05) is 6.54 Å². The van der Waals surface area contributed by atoms with E-state index in [0.717, 1.165) is 22.5 Å². The highest BCUT2D eigenvalue weighted by Gasteiger charge is 2.36. The van der Waals surface area contributed by atoms with Crippen LogP contribution < -0.4 is 15.2 Å². The van der Waals surface area contributed by atoms with E-state index in [1.165, 1.54) is 0 Å². The second kappa shape index (κ2) is 10.3. The highest BCUT2D eigenvalue weighted by molar-refractivity contribution is 7.92. The Balaban J connectivity index is 1.72. The molecule has 0 aliphatic heterocycles. The van der Waals surface area contributed by atoms with Gasteiger partial charge in [0.1, 0.15) is 5.01 Å². The number of carbonyl (C=O) groups is 1. The molecule has 36 heavy (non-hydrogen) atoms. The molecule has 0 saturated heterocycles. The molecule has 0 aliphatic carbocycles. The Bertz CT molecular complexity index is 1600. The molecule has 0 radical (unpaired) electrons. The number of amides is 1. The van der Waals surface area contributed by atoms with E-state index < -0.39 is 43.7 Å². The third kappa shape index (κ3) is 6.21. The lowest BCUT2D eigenvalue weighted by molar-refractivity contribution is 0.195. The lowest BCUT2D eigenvalue weighted by Crippen LogP contribution is -2.30. The van der Waals surface area contributed by atoms with Gasteiger partial charge in [-0.2, -0.15) is 13.1 Å². The molecule has 0 saturated carbocycles. The lowest BCUT2D eigenvalue weighted by Gasteiger charge is -2.11. The minimum absolute atomic E-state index is 0.139. The minimum atomic E-state index is -4.10. The van der Waals surface area contributed by atoms with Crippen LogP contribution in [0.1, 0.15) is 22.0 Å². The smallest absolute Gasteiger partial charge is 0.404 e. The SMILES string of the molecule is NS(=O)(=O)NCc1nnc(C(c2nc3ccc(-c4ccccc4)cc3s2)S(=O)(=O)CCNC(=O)O)o1. The Kier molecular flexibility index (Phi) is 7.32. The van der Waals surface area contributed by atoms with Gasteiger partial charge in [-0.1, -0.05) is 36.4 Å². The number of sulfone groups is 1. The van der Waals surface area contributed by atoms with Crippen molar-refractivity contribution in [2.75, 3.05) is 12.3 Å². The zero-order valence-electron chi connectivity index (χ0n) is 18.4. The van der Waals surface area contributed by atoms with E-state index in [9.17, 15) is 21.6 Å². The minimum Gasteiger partial charge on any atom is -0.465 e. The van der Waals surface area contributed by atoms with Crippen molar-refractivity contribution < 1.29 is 31.2 Å². The molecular formula is C20H20N6O7S3. The largest absolute Gasteiger partial charge is 0.465 e. The molecule has 190 valence electrons. The highest BCUT2D eigenvalue weighted by Crippen LogP contribution is 2.37. The summed E-state index contributed by atoms with van der Waals surface area (Å²) in [5.74, 6) is -1.11. The Labute approximate surface area is 209 Å². The molecule has 1 atom stereocenters. The van der Waals surface area contributed by atoms with Crippen LogP contribution in [0.2, 0.25) is 0 Å². The standard InChI is InChI=1S/C20H20N6O7S3/c21-36(31,32)23-11-16-25-26-18(33-16)17(35(29,30)9-8-22-20(27)28)19-24-14-7-6-13(10-15(14)34-19)12-4-2-1-3-5-12/h1-7,10,17,22-23H,8-9,11H2,(H,27,28)(H2,21,31,32). The summed E-state index contributed by atoms with van der Waals surface area (Å²) in [5, 5.41) is 21.9. The average Bonchev–Trinajstić information content (AvgIpc) is 3.44. The second-order valence-corrected chi connectivity index (χ2v) is 12.1. The Morgan fingerprint density at radius 3 is 2.53 bits per heavy atom. The number of nitrogens with two attached hydrogens (primary N) is 1. The van der Waals surface area contributed by atoms with E-state index in [0.29, 0.717) is 10.2 Å². The van der Waals surface area contributed by atoms with Crippen LogP contribution in [0.15, 0.2) is 52.9 Å². The number of carboxylic acid groups (broad SMARTS) is 1. The van der Waals surface area contributed by atoms with Gasteiger partial charge in [-0.05, 0) is 23.3 Å². The van der Waals surface area contributed by atoms with Crippen molar-refractivity contribution in [1.82, 2.24) is 25.2 Å². The molecular weight excluding hydrogens is 532 g/mol. The average molecular weight is 553 g/mol. The first kappa shape index (κ1) is 25.6. The predicted molar refractivity (Wildman–Crippen MR) is 131 cm³/mol. The van der Waals surface area contributed by atoms with Crippen LogP contribution in [-0.2, 0) is 26.6 Å². The van der Waals surface area contributed by atoms with Gasteiger partial charge in [-0.25, -0.2) is 23.3 Å². The monoisotopic (exact) mass is 552 g/mol. The number of thiazole rings is 1. The molecule has 0 fully saturated rings. The fourth-order valence-corrected chi connectivity index (χ4v) is 6.58. The number of nitrogens with zero attached hydrogens (tertiary/aromatic N) is 3. The third-order valence-corrected chi connectivity index (χ3v) is 8.58. The second-order valence-electron chi connectivity index (χ2n) is 7.48. The van der Waals surface area contributed by atoms with Gasteiger partial charge in [-0.15, -0.1) is 21.5 Å². The zero-order valence-corrected chi connectivity index (χ0v) is 20.8. The van der Waals surface area contributed by atoms with Crippen LogP contribution in [0.3, 0.4) is 0 Å². The summed E-state index contributed by atoms with van der Waals surface area (Å²) in [6, 6.07) is 15.1. The molecule has 5 N–H and O–H groups in total. The quantitative estimate of drug-likeness (QED) is 0.222. The predicted octanol–water partition coefficient (Wildman–Crippen LogP) is 1.41. The van der Waals surface area contributed by atoms with Gasteiger partial charge in [0.15, 0.2) is 15.1 Å². The normalized spacial score (nSPS) is 13.0. The van der Waals surface area contributed by atoms with Crippen molar-refractivity contribution in [2.45, 2.75) is 11.8 Å². The van der Waals surface area contributed by atoms with Gasteiger partial charge in [-0.3, -0.25) is 0 Å². The first-order chi connectivity index (χ1) is 17.0. The van der Waals surface area contributed by atoms with Crippen molar-refractivity contribution in [2.24, 2.45) is 5.14 Å². The zero-order chi connectivity index (χ0) is 25.9. The molecule has 2 aromatic carbocycles. The van der Waals surface area contributed by atoms with Crippen molar-refractivity contribution in [1.29, 1.82) is 0 Å². The van der Waals surface area contributed by atoms with Gasteiger partial charge in [0.05, 0.1) is 22.5 Å². The number of fused-ring (bicyclic) bond motifs is 1. The van der Waals surface area contributed by atoms with Crippen molar-refractivity contribution in [3.8, 4) is 11.1 Å². The van der Waals surface area contributed by atoms with Crippen LogP contribution in [0.5, 0.6) is 0 Å². The lowest BCUT2D eigenvalue weighted by atomic mass is 10.1. The molecule has 4 aromatic rings. The number of nitrogens with one attached hydrogen (secondary N) is 2. The number of benzene rings is 2. The summed E-state index contributed by atoms with van der Waals surface area (Å²) >= 11 is 1.12. The molecule has 2 aromatic heterocycles. The van der Waals surface area contributed by atoms with E-state index in [1.807, 2.05) is 52.5 Å². The summed E-state index contributed by atoms with van der Waals surface area (Å²) in [5.41, 5.74) is 2.44. The van der Waals surface area contributed by atoms with E-state index in [4.69, 9.17) is 14.7 Å². The van der Waals surface area contributed by atoms with Crippen LogP contribution in [0.25, 0.3) is 21.3 Å². The van der Waals surface area contributed by atoms with Crippen LogP contribution in [0.4, 0.5) is 4.79 Å². The molecule has 0 aliphatic rings. The van der Waals surface area contributed by atoms with Gasteiger partial charge < -0.3 is 14.8 Å². The van der Waals surface area contributed by atoms with Gasteiger partial charge in [0.2, 0.25) is 11.8 Å². The third-order valence-electron chi connectivity index (χ3n) is 4.89. The Morgan fingerprint density at radius 2 is 1.83 bits per heavy atom. The molecule has 1 unspecified atom stereocenters. The molecule has 0 bridgehead atoms.